The number of nitrogens with one attached hydrogen (secondary N) is 4. The van der Waals surface area contributed by atoms with Crippen molar-refractivity contribution in [3.63, 3.8) is 0 Å². The van der Waals surface area contributed by atoms with Crippen LogP contribution in [-0.2, 0) is 16.4 Å². The van der Waals surface area contributed by atoms with Gasteiger partial charge in [0.2, 0.25) is 10.0 Å². The number of hydrogen-bond donors (Lipinski definition) is 4. The van der Waals surface area contributed by atoms with E-state index >= 15 is 0 Å². The van der Waals surface area contributed by atoms with Crippen molar-refractivity contribution in [2.45, 2.75) is 19.8 Å². The summed E-state index contributed by atoms with van der Waals surface area (Å²) in [6, 6.07) is 7.49. The lowest BCUT2D eigenvalue weighted by atomic mass is 10.1. The van der Waals surface area contributed by atoms with E-state index in [9.17, 15) is 13.2 Å². The number of nitrogens with zero attached hydrogens (tertiary/aromatic N) is 1. The number of hydrogen-bond acceptors (Lipinski definition) is 4. The van der Waals surface area contributed by atoms with Crippen molar-refractivity contribution in [2.24, 2.45) is 4.99 Å². The Labute approximate surface area is 155 Å². The van der Waals surface area contributed by atoms with Crippen LogP contribution in [0.3, 0.4) is 0 Å². The fourth-order valence-electron chi connectivity index (χ4n) is 2.18. The Morgan fingerprint density at radius 1 is 1.15 bits per heavy atom. The summed E-state index contributed by atoms with van der Waals surface area (Å²) in [5.74, 6) is 0.645. The minimum absolute atomic E-state index is 0.0881. The maximum absolute atomic E-state index is 11.6. The Balaban J connectivity index is 2.31. The van der Waals surface area contributed by atoms with Crippen molar-refractivity contribution in [1.82, 2.24) is 20.7 Å². The van der Waals surface area contributed by atoms with Gasteiger partial charge in [-0.1, -0.05) is 12.1 Å². The number of amides is 1. The largest absolute Gasteiger partial charge is 0.356 e. The monoisotopic (exact) mass is 383 g/mol. The van der Waals surface area contributed by atoms with Crippen LogP contribution in [0.2, 0.25) is 0 Å². The summed E-state index contributed by atoms with van der Waals surface area (Å²) < 4.78 is 25.2. The van der Waals surface area contributed by atoms with Gasteiger partial charge in [0, 0.05) is 39.3 Å². The topological polar surface area (TPSA) is 112 Å². The highest BCUT2D eigenvalue weighted by Crippen LogP contribution is 2.05. The summed E-state index contributed by atoms with van der Waals surface area (Å²) >= 11 is 0. The van der Waals surface area contributed by atoms with Crippen molar-refractivity contribution < 1.29 is 13.2 Å². The van der Waals surface area contributed by atoms with Gasteiger partial charge in [0.15, 0.2) is 5.96 Å². The molecule has 9 heteroatoms. The highest BCUT2D eigenvalue weighted by atomic mass is 32.2. The predicted molar refractivity (Wildman–Crippen MR) is 105 cm³/mol. The first-order valence-corrected chi connectivity index (χ1v) is 10.3. The molecule has 8 nitrogen and oxygen atoms in total. The minimum Gasteiger partial charge on any atom is -0.356 e. The molecule has 26 heavy (non-hydrogen) atoms. The fraction of sp³-hybridized carbons (Fsp3) is 0.529. The van der Waals surface area contributed by atoms with Gasteiger partial charge < -0.3 is 16.0 Å². The van der Waals surface area contributed by atoms with Crippen LogP contribution in [0.25, 0.3) is 0 Å². The second-order valence-corrected chi connectivity index (χ2v) is 7.70. The molecule has 0 bridgehead atoms. The first kappa shape index (κ1) is 21.9. The van der Waals surface area contributed by atoms with Gasteiger partial charge in [0.05, 0.1) is 5.75 Å². The SMILES string of the molecule is CCS(=O)(=O)NCCCNC(=NC)NCCc1cccc(C(=O)NC)c1. The molecule has 1 aromatic carbocycles. The van der Waals surface area contributed by atoms with Crippen LogP contribution in [0.5, 0.6) is 0 Å². The maximum Gasteiger partial charge on any atom is 0.251 e. The zero-order valence-corrected chi connectivity index (χ0v) is 16.4. The number of benzene rings is 1. The van der Waals surface area contributed by atoms with E-state index in [1.165, 1.54) is 0 Å². The lowest BCUT2D eigenvalue weighted by molar-refractivity contribution is 0.0963. The average molecular weight is 384 g/mol. The molecular formula is C17H29N5O3S. The Bertz CT molecular complexity index is 704. The van der Waals surface area contributed by atoms with Crippen molar-refractivity contribution in [1.29, 1.82) is 0 Å². The summed E-state index contributed by atoms with van der Waals surface area (Å²) in [7, 11) is 0.158. The molecule has 0 aliphatic carbocycles. The summed E-state index contributed by atoms with van der Waals surface area (Å²) in [6.07, 6.45) is 1.41. The highest BCUT2D eigenvalue weighted by molar-refractivity contribution is 7.89. The van der Waals surface area contributed by atoms with Gasteiger partial charge in [-0.3, -0.25) is 9.79 Å². The summed E-state index contributed by atoms with van der Waals surface area (Å²) in [4.78, 5) is 15.8. The van der Waals surface area contributed by atoms with Crippen LogP contribution >= 0.6 is 0 Å². The molecule has 0 atom stereocenters. The molecule has 1 rings (SSSR count). The van der Waals surface area contributed by atoms with E-state index in [1.54, 1.807) is 27.1 Å². The zero-order chi connectivity index (χ0) is 19.4. The fourth-order valence-corrected chi connectivity index (χ4v) is 2.84. The van der Waals surface area contributed by atoms with Crippen LogP contribution in [0.4, 0.5) is 0 Å². The average Bonchev–Trinajstić information content (AvgIpc) is 2.65. The molecule has 0 aromatic heterocycles. The molecule has 4 N–H and O–H groups in total. The second kappa shape index (κ2) is 11.5. The van der Waals surface area contributed by atoms with Crippen molar-refractivity contribution in [3.8, 4) is 0 Å². The summed E-state index contributed by atoms with van der Waals surface area (Å²) in [6.45, 7) is 3.28. The van der Waals surface area contributed by atoms with E-state index in [1.807, 2.05) is 18.2 Å². The Kier molecular flexibility index (Phi) is 9.67. The van der Waals surface area contributed by atoms with E-state index in [0.29, 0.717) is 37.6 Å². The van der Waals surface area contributed by atoms with Gasteiger partial charge >= 0.3 is 0 Å². The van der Waals surface area contributed by atoms with E-state index < -0.39 is 10.0 Å². The van der Waals surface area contributed by atoms with Crippen molar-refractivity contribution >= 4 is 21.9 Å². The minimum atomic E-state index is -3.13. The van der Waals surface area contributed by atoms with Gasteiger partial charge in [-0.25, -0.2) is 13.1 Å². The molecule has 0 aliphatic heterocycles. The number of rotatable bonds is 10. The van der Waals surface area contributed by atoms with Crippen LogP contribution < -0.4 is 20.7 Å². The highest BCUT2D eigenvalue weighted by Gasteiger charge is 2.05. The Hall–Kier alpha value is -2.13. The number of aliphatic imine (C=N–C) groups is 1. The van der Waals surface area contributed by atoms with Gasteiger partial charge in [0.1, 0.15) is 0 Å². The molecule has 1 amide bonds. The van der Waals surface area contributed by atoms with Crippen LogP contribution in [0, 0.1) is 0 Å². The van der Waals surface area contributed by atoms with Crippen LogP contribution in [-0.4, -0.2) is 59.8 Å². The zero-order valence-electron chi connectivity index (χ0n) is 15.6. The number of sulfonamides is 1. The van der Waals surface area contributed by atoms with Crippen LogP contribution in [0.1, 0.15) is 29.3 Å². The molecule has 0 fully saturated rings. The van der Waals surface area contributed by atoms with E-state index in [4.69, 9.17) is 0 Å². The summed E-state index contributed by atoms with van der Waals surface area (Å²) in [5.41, 5.74) is 1.70. The Morgan fingerprint density at radius 3 is 2.54 bits per heavy atom. The van der Waals surface area contributed by atoms with Crippen molar-refractivity contribution in [2.75, 3.05) is 39.5 Å². The smallest absolute Gasteiger partial charge is 0.251 e. The molecule has 0 aliphatic rings. The van der Waals surface area contributed by atoms with E-state index in [2.05, 4.69) is 25.7 Å². The predicted octanol–water partition coefficient (Wildman–Crippen LogP) is 0.0831. The molecule has 0 saturated heterocycles. The van der Waals surface area contributed by atoms with Gasteiger partial charge in [-0.15, -0.1) is 0 Å². The lowest BCUT2D eigenvalue weighted by Gasteiger charge is -2.12. The third-order valence-electron chi connectivity index (χ3n) is 3.69. The molecule has 0 radical (unpaired) electrons. The number of guanidine groups is 1. The standard InChI is InChI=1S/C17H29N5O3S/c1-4-26(24,25)22-11-6-10-20-17(19-3)21-12-9-14-7-5-8-15(13-14)16(23)18-2/h5,7-8,13,22H,4,6,9-12H2,1-3H3,(H,18,23)(H2,19,20,21). The summed E-state index contributed by atoms with van der Waals surface area (Å²) in [5, 5.41) is 8.95. The quantitative estimate of drug-likeness (QED) is 0.260. The van der Waals surface area contributed by atoms with E-state index in [-0.39, 0.29) is 11.7 Å². The van der Waals surface area contributed by atoms with Gasteiger partial charge in [0.25, 0.3) is 5.91 Å². The first-order valence-electron chi connectivity index (χ1n) is 8.64. The number of carbonyl (C=O) groups excluding carboxylic acids is 1. The maximum atomic E-state index is 11.6. The van der Waals surface area contributed by atoms with Gasteiger partial charge in [-0.2, -0.15) is 0 Å². The molecule has 0 heterocycles. The second-order valence-electron chi connectivity index (χ2n) is 5.61. The third-order valence-corrected chi connectivity index (χ3v) is 5.10. The Morgan fingerprint density at radius 2 is 1.88 bits per heavy atom. The molecule has 0 saturated carbocycles. The van der Waals surface area contributed by atoms with E-state index in [0.717, 1.165) is 12.0 Å². The first-order chi connectivity index (χ1) is 12.4. The lowest BCUT2D eigenvalue weighted by Crippen LogP contribution is -2.39. The third kappa shape index (κ3) is 8.30. The van der Waals surface area contributed by atoms with Crippen molar-refractivity contribution in [3.05, 3.63) is 35.4 Å². The molecular weight excluding hydrogens is 354 g/mol. The normalized spacial score (nSPS) is 11.9. The molecule has 0 unspecified atom stereocenters. The van der Waals surface area contributed by atoms with Gasteiger partial charge in [-0.05, 0) is 37.5 Å². The molecule has 146 valence electrons. The van der Waals surface area contributed by atoms with Crippen LogP contribution in [0.15, 0.2) is 29.3 Å². The molecule has 0 spiro atoms. The number of carbonyl (C=O) groups is 1. The molecule has 1 aromatic rings.